The number of ketones is 1. The maximum absolute atomic E-state index is 12.3. The number of carbonyl (C=O) groups excluding carboxylic acids is 1. The topological polar surface area (TPSA) is 47.6 Å². The summed E-state index contributed by atoms with van der Waals surface area (Å²) in [5.74, 6) is 1.60. The molecule has 0 saturated carbocycles. The first-order valence-electron chi connectivity index (χ1n) is 6.23. The Morgan fingerprint density at radius 1 is 1.17 bits per heavy atom. The van der Waals surface area contributed by atoms with Crippen molar-refractivity contribution in [3.8, 4) is 11.5 Å². The molecule has 1 heterocycles. The standard InChI is InChI=1S/C14H19NO3/c1-17-12-4-3-11(9-13(12)18-2)14(16)10-5-7-15-8-6-10/h3-4,9-10,15H,5-8H2,1-2H3. The summed E-state index contributed by atoms with van der Waals surface area (Å²) >= 11 is 0. The molecular weight excluding hydrogens is 230 g/mol. The van der Waals surface area contributed by atoms with Gasteiger partial charge in [-0.1, -0.05) is 0 Å². The van der Waals surface area contributed by atoms with Crippen LogP contribution in [0.25, 0.3) is 0 Å². The molecule has 0 aromatic heterocycles. The van der Waals surface area contributed by atoms with Crippen molar-refractivity contribution in [2.45, 2.75) is 12.8 Å². The van der Waals surface area contributed by atoms with Crippen LogP contribution in [0, 0.1) is 5.92 Å². The van der Waals surface area contributed by atoms with Gasteiger partial charge in [0.2, 0.25) is 0 Å². The summed E-state index contributed by atoms with van der Waals surface area (Å²) in [4.78, 5) is 12.3. The zero-order chi connectivity index (χ0) is 13.0. The fourth-order valence-corrected chi connectivity index (χ4v) is 2.31. The van der Waals surface area contributed by atoms with E-state index in [2.05, 4.69) is 5.32 Å². The number of rotatable bonds is 4. The molecule has 0 spiro atoms. The second-order valence-corrected chi connectivity index (χ2v) is 4.46. The van der Waals surface area contributed by atoms with Crippen LogP contribution < -0.4 is 14.8 Å². The Balaban J connectivity index is 2.19. The lowest BCUT2D eigenvalue weighted by Gasteiger charge is -2.21. The Bertz CT molecular complexity index is 425. The Labute approximate surface area is 107 Å². The van der Waals surface area contributed by atoms with Crippen LogP contribution in [0.2, 0.25) is 0 Å². The molecule has 0 radical (unpaired) electrons. The van der Waals surface area contributed by atoms with Gasteiger partial charge in [-0.2, -0.15) is 0 Å². The fourth-order valence-electron chi connectivity index (χ4n) is 2.31. The molecule has 0 bridgehead atoms. The highest BCUT2D eigenvalue weighted by Gasteiger charge is 2.23. The molecule has 4 nitrogen and oxygen atoms in total. The zero-order valence-corrected chi connectivity index (χ0v) is 10.9. The van der Waals surface area contributed by atoms with Crippen LogP contribution in [0.15, 0.2) is 18.2 Å². The largest absolute Gasteiger partial charge is 0.493 e. The number of benzene rings is 1. The highest BCUT2D eigenvalue weighted by Crippen LogP contribution is 2.29. The van der Waals surface area contributed by atoms with Crippen molar-refractivity contribution in [2.24, 2.45) is 5.92 Å². The number of nitrogens with one attached hydrogen (secondary N) is 1. The van der Waals surface area contributed by atoms with Gasteiger partial charge in [0, 0.05) is 11.5 Å². The molecular formula is C14H19NO3. The van der Waals surface area contributed by atoms with Gasteiger partial charge in [-0.15, -0.1) is 0 Å². The average molecular weight is 249 g/mol. The fraction of sp³-hybridized carbons (Fsp3) is 0.500. The molecule has 0 amide bonds. The number of hydrogen-bond donors (Lipinski definition) is 1. The number of hydrogen-bond acceptors (Lipinski definition) is 4. The van der Waals surface area contributed by atoms with Gasteiger partial charge in [0.15, 0.2) is 17.3 Å². The van der Waals surface area contributed by atoms with Gasteiger partial charge in [-0.25, -0.2) is 0 Å². The Morgan fingerprint density at radius 2 is 1.83 bits per heavy atom. The van der Waals surface area contributed by atoms with Gasteiger partial charge in [0.25, 0.3) is 0 Å². The third kappa shape index (κ3) is 2.64. The number of ether oxygens (including phenoxy) is 2. The molecule has 0 aliphatic carbocycles. The lowest BCUT2D eigenvalue weighted by Crippen LogP contribution is -2.31. The van der Waals surface area contributed by atoms with E-state index < -0.39 is 0 Å². The molecule has 1 fully saturated rings. The Morgan fingerprint density at radius 3 is 2.44 bits per heavy atom. The first-order valence-corrected chi connectivity index (χ1v) is 6.23. The molecule has 98 valence electrons. The SMILES string of the molecule is COc1ccc(C(=O)C2CCNCC2)cc1OC. The first kappa shape index (κ1) is 12.9. The van der Waals surface area contributed by atoms with Crippen LogP contribution in [-0.4, -0.2) is 33.1 Å². The minimum Gasteiger partial charge on any atom is -0.493 e. The van der Waals surface area contributed by atoms with Crippen LogP contribution in [0.1, 0.15) is 23.2 Å². The van der Waals surface area contributed by atoms with E-state index in [1.165, 1.54) is 0 Å². The molecule has 0 atom stereocenters. The van der Waals surface area contributed by atoms with Crippen molar-refractivity contribution in [1.29, 1.82) is 0 Å². The molecule has 1 N–H and O–H groups in total. The van der Waals surface area contributed by atoms with Crippen molar-refractivity contribution in [3.63, 3.8) is 0 Å². The molecule has 1 aromatic rings. The summed E-state index contributed by atoms with van der Waals surface area (Å²) in [6.07, 6.45) is 1.82. The molecule has 2 rings (SSSR count). The van der Waals surface area contributed by atoms with Gasteiger partial charge >= 0.3 is 0 Å². The third-order valence-corrected chi connectivity index (χ3v) is 3.38. The van der Waals surface area contributed by atoms with Crippen molar-refractivity contribution in [1.82, 2.24) is 5.32 Å². The second kappa shape index (κ2) is 5.87. The Hall–Kier alpha value is -1.55. The molecule has 18 heavy (non-hydrogen) atoms. The van der Waals surface area contributed by atoms with Crippen LogP contribution >= 0.6 is 0 Å². The highest BCUT2D eigenvalue weighted by atomic mass is 16.5. The number of Topliss-reactive ketones (excluding diaryl/α,β-unsaturated/α-hetero) is 1. The number of piperidine rings is 1. The molecule has 4 heteroatoms. The van der Waals surface area contributed by atoms with Crippen LogP contribution in [0.5, 0.6) is 11.5 Å². The molecule has 1 aromatic carbocycles. The van der Waals surface area contributed by atoms with Crippen LogP contribution in [0.4, 0.5) is 0 Å². The van der Waals surface area contributed by atoms with Crippen LogP contribution in [0.3, 0.4) is 0 Å². The molecule has 1 saturated heterocycles. The quantitative estimate of drug-likeness (QED) is 0.828. The normalized spacial score (nSPS) is 16.3. The lowest BCUT2D eigenvalue weighted by molar-refractivity contribution is 0.0894. The second-order valence-electron chi connectivity index (χ2n) is 4.46. The summed E-state index contributed by atoms with van der Waals surface area (Å²) < 4.78 is 10.4. The van der Waals surface area contributed by atoms with Gasteiger partial charge in [-0.3, -0.25) is 4.79 Å². The van der Waals surface area contributed by atoms with Gasteiger partial charge in [0.1, 0.15) is 0 Å². The summed E-state index contributed by atoms with van der Waals surface area (Å²) in [7, 11) is 3.17. The summed E-state index contributed by atoms with van der Waals surface area (Å²) in [5, 5.41) is 3.26. The zero-order valence-electron chi connectivity index (χ0n) is 10.9. The Kier molecular flexibility index (Phi) is 4.20. The van der Waals surface area contributed by atoms with Crippen molar-refractivity contribution in [2.75, 3.05) is 27.3 Å². The van der Waals surface area contributed by atoms with E-state index in [4.69, 9.17) is 9.47 Å². The van der Waals surface area contributed by atoms with Crippen molar-refractivity contribution in [3.05, 3.63) is 23.8 Å². The van der Waals surface area contributed by atoms with E-state index >= 15 is 0 Å². The van der Waals surface area contributed by atoms with E-state index in [1.54, 1.807) is 26.4 Å². The summed E-state index contributed by atoms with van der Waals surface area (Å²) in [6.45, 7) is 1.84. The maximum atomic E-state index is 12.3. The third-order valence-electron chi connectivity index (χ3n) is 3.38. The first-order chi connectivity index (χ1) is 8.76. The van der Waals surface area contributed by atoms with E-state index in [1.807, 2.05) is 6.07 Å². The predicted molar refractivity (Wildman–Crippen MR) is 69.5 cm³/mol. The maximum Gasteiger partial charge on any atom is 0.166 e. The van der Waals surface area contributed by atoms with Gasteiger partial charge in [-0.05, 0) is 44.1 Å². The average Bonchev–Trinajstić information content (AvgIpc) is 2.46. The predicted octanol–water partition coefficient (Wildman–Crippen LogP) is 1.89. The van der Waals surface area contributed by atoms with E-state index in [0.717, 1.165) is 25.9 Å². The molecule has 1 aliphatic rings. The van der Waals surface area contributed by atoms with Crippen LogP contribution in [-0.2, 0) is 0 Å². The highest BCUT2D eigenvalue weighted by molar-refractivity contribution is 5.98. The van der Waals surface area contributed by atoms with Gasteiger partial charge in [0.05, 0.1) is 14.2 Å². The monoisotopic (exact) mass is 249 g/mol. The van der Waals surface area contributed by atoms with Gasteiger partial charge < -0.3 is 14.8 Å². The minimum atomic E-state index is 0.129. The van der Waals surface area contributed by atoms with E-state index in [-0.39, 0.29) is 11.7 Å². The summed E-state index contributed by atoms with van der Waals surface area (Å²) in [6, 6.07) is 5.36. The van der Waals surface area contributed by atoms with Crippen molar-refractivity contribution >= 4 is 5.78 Å². The summed E-state index contributed by atoms with van der Waals surface area (Å²) in [5.41, 5.74) is 0.708. The smallest absolute Gasteiger partial charge is 0.166 e. The lowest BCUT2D eigenvalue weighted by atomic mass is 9.89. The molecule has 0 unspecified atom stereocenters. The van der Waals surface area contributed by atoms with E-state index in [0.29, 0.717) is 17.1 Å². The van der Waals surface area contributed by atoms with Crippen molar-refractivity contribution < 1.29 is 14.3 Å². The minimum absolute atomic E-state index is 0.129. The van der Waals surface area contributed by atoms with E-state index in [9.17, 15) is 4.79 Å². The number of carbonyl (C=O) groups is 1. The number of methoxy groups -OCH3 is 2. The molecule has 1 aliphatic heterocycles.